The molecule has 1 saturated carbocycles. The van der Waals surface area contributed by atoms with Crippen LogP contribution < -0.4 is 5.32 Å². The van der Waals surface area contributed by atoms with Crippen molar-refractivity contribution in [2.45, 2.75) is 45.6 Å². The number of hydrogen-bond donors (Lipinski definition) is 2. The van der Waals surface area contributed by atoms with Crippen molar-refractivity contribution in [2.75, 3.05) is 0 Å². The average molecular weight is 265 g/mol. The van der Waals surface area contributed by atoms with Crippen LogP contribution in [0.5, 0.6) is 0 Å². The van der Waals surface area contributed by atoms with Crippen molar-refractivity contribution >= 4 is 11.9 Å². The Morgan fingerprint density at radius 1 is 1.42 bits per heavy atom. The molecule has 1 amide bonds. The van der Waals surface area contributed by atoms with Gasteiger partial charge in [0.15, 0.2) is 0 Å². The highest BCUT2D eigenvalue weighted by Crippen LogP contribution is 2.28. The SMILES string of the molecule is Cc1oc(C(C)C)cc1C(=O)NC1CC(C(=O)O)C1. The highest BCUT2D eigenvalue weighted by molar-refractivity contribution is 5.95. The van der Waals surface area contributed by atoms with Gasteiger partial charge in [-0.1, -0.05) is 13.8 Å². The fourth-order valence-corrected chi connectivity index (χ4v) is 2.22. The maximum atomic E-state index is 12.1. The maximum Gasteiger partial charge on any atom is 0.306 e. The molecular weight excluding hydrogens is 246 g/mol. The molecule has 1 fully saturated rings. The van der Waals surface area contributed by atoms with E-state index in [1.54, 1.807) is 13.0 Å². The third-order valence-corrected chi connectivity index (χ3v) is 3.57. The molecule has 2 rings (SSSR count). The number of aryl methyl sites for hydroxylation is 1. The fraction of sp³-hybridized carbons (Fsp3) is 0.571. The Hall–Kier alpha value is -1.78. The standard InChI is InChI=1S/C14H19NO4/c1-7(2)12-6-11(8(3)19-12)13(16)15-10-4-9(5-10)14(17)18/h6-7,9-10H,4-5H2,1-3H3,(H,15,16)(H,17,18). The number of carboxylic acid groups (broad SMARTS) is 1. The Labute approximate surface area is 112 Å². The molecule has 1 aromatic rings. The van der Waals surface area contributed by atoms with Gasteiger partial charge in [-0.2, -0.15) is 0 Å². The molecule has 5 heteroatoms. The number of furan rings is 1. The summed E-state index contributed by atoms with van der Waals surface area (Å²) in [6, 6.07) is 1.73. The number of carbonyl (C=O) groups is 2. The van der Waals surface area contributed by atoms with Crippen molar-refractivity contribution in [3.8, 4) is 0 Å². The lowest BCUT2D eigenvalue weighted by atomic mass is 9.80. The monoisotopic (exact) mass is 265 g/mol. The summed E-state index contributed by atoms with van der Waals surface area (Å²) in [6.45, 7) is 5.77. The predicted molar refractivity (Wildman–Crippen MR) is 69.1 cm³/mol. The van der Waals surface area contributed by atoms with Crippen molar-refractivity contribution in [1.29, 1.82) is 0 Å². The Morgan fingerprint density at radius 3 is 2.53 bits per heavy atom. The van der Waals surface area contributed by atoms with Crippen molar-refractivity contribution in [2.24, 2.45) is 5.92 Å². The zero-order valence-electron chi connectivity index (χ0n) is 11.4. The number of carbonyl (C=O) groups excluding carboxylic acids is 1. The van der Waals surface area contributed by atoms with E-state index in [1.807, 2.05) is 13.8 Å². The van der Waals surface area contributed by atoms with Gasteiger partial charge in [-0.3, -0.25) is 9.59 Å². The lowest BCUT2D eigenvalue weighted by Gasteiger charge is -2.32. The average Bonchev–Trinajstić information content (AvgIpc) is 2.64. The summed E-state index contributed by atoms with van der Waals surface area (Å²) in [7, 11) is 0. The van der Waals surface area contributed by atoms with Gasteiger partial charge in [0.25, 0.3) is 5.91 Å². The minimum Gasteiger partial charge on any atom is -0.481 e. The summed E-state index contributed by atoms with van der Waals surface area (Å²) in [4.78, 5) is 22.8. The number of nitrogens with one attached hydrogen (secondary N) is 1. The Balaban J connectivity index is 1.96. The quantitative estimate of drug-likeness (QED) is 0.875. The Morgan fingerprint density at radius 2 is 2.05 bits per heavy atom. The molecule has 0 radical (unpaired) electrons. The van der Waals surface area contributed by atoms with Gasteiger partial charge in [0.1, 0.15) is 11.5 Å². The largest absolute Gasteiger partial charge is 0.481 e. The number of hydrogen-bond acceptors (Lipinski definition) is 3. The van der Waals surface area contributed by atoms with Crippen LogP contribution in [0.1, 0.15) is 54.5 Å². The van der Waals surface area contributed by atoms with E-state index in [4.69, 9.17) is 9.52 Å². The van der Waals surface area contributed by atoms with Gasteiger partial charge < -0.3 is 14.8 Å². The smallest absolute Gasteiger partial charge is 0.306 e. The molecular formula is C14H19NO4. The van der Waals surface area contributed by atoms with Gasteiger partial charge >= 0.3 is 5.97 Å². The van der Waals surface area contributed by atoms with Crippen LogP contribution in [0.4, 0.5) is 0 Å². The third kappa shape index (κ3) is 2.80. The van der Waals surface area contributed by atoms with E-state index < -0.39 is 5.97 Å². The van der Waals surface area contributed by atoms with E-state index >= 15 is 0 Å². The molecule has 2 N–H and O–H groups in total. The van der Waals surface area contributed by atoms with E-state index in [9.17, 15) is 9.59 Å². The molecule has 0 bridgehead atoms. The number of amides is 1. The van der Waals surface area contributed by atoms with Crippen LogP contribution >= 0.6 is 0 Å². The first-order chi connectivity index (χ1) is 8.88. The van der Waals surface area contributed by atoms with Crippen LogP contribution in [0, 0.1) is 12.8 Å². The first-order valence-electron chi connectivity index (χ1n) is 6.52. The molecule has 1 aromatic heterocycles. The fourth-order valence-electron chi connectivity index (χ4n) is 2.22. The molecule has 19 heavy (non-hydrogen) atoms. The van der Waals surface area contributed by atoms with Crippen molar-refractivity contribution < 1.29 is 19.1 Å². The van der Waals surface area contributed by atoms with Crippen LogP contribution in [-0.2, 0) is 4.79 Å². The summed E-state index contributed by atoms with van der Waals surface area (Å²) in [5.41, 5.74) is 0.544. The van der Waals surface area contributed by atoms with E-state index in [2.05, 4.69) is 5.32 Å². The molecule has 104 valence electrons. The van der Waals surface area contributed by atoms with E-state index in [-0.39, 0.29) is 23.8 Å². The molecule has 0 aromatic carbocycles. The van der Waals surface area contributed by atoms with Gasteiger partial charge in [0.2, 0.25) is 0 Å². The molecule has 0 aliphatic heterocycles. The third-order valence-electron chi connectivity index (χ3n) is 3.57. The predicted octanol–water partition coefficient (Wildman–Crippen LogP) is 2.30. The topological polar surface area (TPSA) is 79.5 Å². The highest BCUT2D eigenvalue weighted by Gasteiger charge is 2.35. The second-order valence-corrected chi connectivity index (χ2v) is 5.45. The van der Waals surface area contributed by atoms with Gasteiger partial charge in [-0.25, -0.2) is 0 Å². The molecule has 1 aliphatic carbocycles. The van der Waals surface area contributed by atoms with Gasteiger partial charge in [0.05, 0.1) is 11.5 Å². The molecule has 1 heterocycles. The van der Waals surface area contributed by atoms with Gasteiger partial charge in [-0.05, 0) is 25.8 Å². The minimum atomic E-state index is -0.785. The van der Waals surface area contributed by atoms with Gasteiger partial charge in [-0.15, -0.1) is 0 Å². The van der Waals surface area contributed by atoms with Crippen LogP contribution in [0.25, 0.3) is 0 Å². The summed E-state index contributed by atoms with van der Waals surface area (Å²) in [5, 5.41) is 11.6. The van der Waals surface area contributed by atoms with Crippen LogP contribution in [-0.4, -0.2) is 23.0 Å². The Bertz CT molecular complexity index is 498. The zero-order valence-corrected chi connectivity index (χ0v) is 11.4. The summed E-state index contributed by atoms with van der Waals surface area (Å²) >= 11 is 0. The lowest BCUT2D eigenvalue weighted by molar-refractivity contribution is -0.145. The Kier molecular flexibility index (Phi) is 3.64. The normalized spacial score (nSPS) is 22.1. The van der Waals surface area contributed by atoms with Crippen molar-refractivity contribution in [1.82, 2.24) is 5.32 Å². The molecule has 0 saturated heterocycles. The van der Waals surface area contributed by atoms with Crippen LogP contribution in [0.15, 0.2) is 10.5 Å². The van der Waals surface area contributed by atoms with Crippen molar-refractivity contribution in [3.05, 3.63) is 23.2 Å². The minimum absolute atomic E-state index is 0.0367. The molecule has 0 atom stereocenters. The van der Waals surface area contributed by atoms with E-state index in [1.165, 1.54) is 0 Å². The second kappa shape index (κ2) is 5.07. The van der Waals surface area contributed by atoms with Crippen LogP contribution in [0.3, 0.4) is 0 Å². The molecule has 0 unspecified atom stereocenters. The number of rotatable bonds is 4. The zero-order chi connectivity index (χ0) is 14.2. The summed E-state index contributed by atoms with van der Waals surface area (Å²) < 4.78 is 5.53. The second-order valence-electron chi connectivity index (χ2n) is 5.45. The first-order valence-corrected chi connectivity index (χ1v) is 6.52. The summed E-state index contributed by atoms with van der Waals surface area (Å²) in [6.07, 6.45) is 1.02. The summed E-state index contributed by atoms with van der Waals surface area (Å²) in [5.74, 6) is 0.353. The first kappa shape index (κ1) is 13.6. The van der Waals surface area contributed by atoms with Crippen LogP contribution in [0.2, 0.25) is 0 Å². The number of carboxylic acids is 1. The molecule has 0 spiro atoms. The van der Waals surface area contributed by atoms with Crippen molar-refractivity contribution in [3.63, 3.8) is 0 Å². The molecule has 1 aliphatic rings. The van der Waals surface area contributed by atoms with E-state index in [0.717, 1.165) is 5.76 Å². The number of aliphatic carboxylic acids is 1. The van der Waals surface area contributed by atoms with Gasteiger partial charge in [0, 0.05) is 12.0 Å². The van der Waals surface area contributed by atoms with E-state index in [0.29, 0.717) is 24.2 Å². The highest BCUT2D eigenvalue weighted by atomic mass is 16.4. The lowest BCUT2D eigenvalue weighted by Crippen LogP contribution is -2.46. The maximum absolute atomic E-state index is 12.1. The molecule has 5 nitrogen and oxygen atoms in total.